The summed E-state index contributed by atoms with van der Waals surface area (Å²) in [6, 6.07) is 8.79. The highest BCUT2D eigenvalue weighted by Gasteiger charge is 2.17. The number of nitrogens with zero attached hydrogens (tertiary/aromatic N) is 3. The molecular weight excluding hydrogens is 412 g/mol. The quantitative estimate of drug-likeness (QED) is 0.456. The Balaban J connectivity index is 0.000000878. The first-order valence-electron chi connectivity index (χ1n) is 7.39. The number of nitrogen functional groups attached to an aromatic ring is 1. The molecule has 7 N–H and O–H groups in total. The lowest BCUT2D eigenvalue weighted by atomic mass is 10.3. The number of sulfonamides is 1. The van der Waals surface area contributed by atoms with E-state index < -0.39 is 27.3 Å². The molecule has 2 aromatic carbocycles. The van der Waals surface area contributed by atoms with Gasteiger partial charge in [0.1, 0.15) is 5.69 Å². The molecule has 0 spiro atoms. The minimum atomic E-state index is -3.81. The van der Waals surface area contributed by atoms with E-state index in [0.29, 0.717) is 5.69 Å². The molecule has 0 saturated heterocycles. The van der Waals surface area contributed by atoms with Crippen molar-refractivity contribution in [3.8, 4) is 5.69 Å². The lowest BCUT2D eigenvalue weighted by Crippen LogP contribution is -2.11. The fraction of sp³-hybridized carbons (Fsp3) is 0. The fourth-order valence-electron chi connectivity index (χ4n) is 2.09. The van der Waals surface area contributed by atoms with Crippen LogP contribution in [-0.4, -0.2) is 28.7 Å². The Kier molecular flexibility index (Phi) is 6.56. The van der Waals surface area contributed by atoms with Crippen LogP contribution in [0.3, 0.4) is 0 Å². The molecule has 9 nitrogen and oxygen atoms in total. The number of hydrogen-bond donors (Lipinski definition) is 4. The van der Waals surface area contributed by atoms with E-state index in [4.69, 9.17) is 10.9 Å². The van der Waals surface area contributed by atoms with Crippen molar-refractivity contribution in [2.75, 3.05) is 11.1 Å². The van der Waals surface area contributed by atoms with Crippen molar-refractivity contribution in [3.05, 3.63) is 54.1 Å². The van der Waals surface area contributed by atoms with Crippen LogP contribution < -0.4 is 21.9 Å². The summed E-state index contributed by atoms with van der Waals surface area (Å²) in [5.41, 5.74) is 11.3. The van der Waals surface area contributed by atoms with Crippen LogP contribution in [0.1, 0.15) is 0 Å². The number of thiocarbonyl (C=S) groups is 1. The predicted octanol–water partition coefficient (Wildman–Crippen LogP) is 1.42. The van der Waals surface area contributed by atoms with Gasteiger partial charge in [-0.15, -0.1) is 5.10 Å². The van der Waals surface area contributed by atoms with Crippen molar-refractivity contribution >= 4 is 45.3 Å². The number of rotatable bonds is 4. The highest BCUT2D eigenvalue weighted by Crippen LogP contribution is 2.22. The van der Waals surface area contributed by atoms with Crippen LogP contribution in [0.25, 0.3) is 5.69 Å². The van der Waals surface area contributed by atoms with Gasteiger partial charge in [-0.1, -0.05) is 18.3 Å². The summed E-state index contributed by atoms with van der Waals surface area (Å²) in [7, 11) is -3.81. The molecular formula is C15H15F2N7O2S2. The van der Waals surface area contributed by atoms with Crippen molar-refractivity contribution in [2.24, 2.45) is 10.9 Å². The third-order valence-electron chi connectivity index (χ3n) is 3.22. The van der Waals surface area contributed by atoms with Crippen molar-refractivity contribution in [3.63, 3.8) is 0 Å². The van der Waals surface area contributed by atoms with Gasteiger partial charge in [-0.05, 0) is 36.4 Å². The molecule has 0 amide bonds. The molecule has 0 fully saturated rings. The van der Waals surface area contributed by atoms with Crippen LogP contribution in [0, 0.1) is 11.6 Å². The van der Waals surface area contributed by atoms with Gasteiger partial charge in [0.15, 0.2) is 11.6 Å². The average molecular weight is 427 g/mol. The Morgan fingerprint density at radius 2 is 1.64 bits per heavy atom. The van der Waals surface area contributed by atoms with Crippen molar-refractivity contribution in [1.29, 1.82) is 0 Å². The third-order valence-corrected chi connectivity index (χ3v) is 4.15. The molecule has 0 aliphatic carbocycles. The molecule has 0 saturated carbocycles. The SMILES string of the molecule is NC=S.Nc1nc(Nc2ccc(S(N)(=O)=O)cc2)nn1-c1c(F)cccc1F. The summed E-state index contributed by atoms with van der Waals surface area (Å²) < 4.78 is 50.9. The van der Waals surface area contributed by atoms with E-state index >= 15 is 0 Å². The van der Waals surface area contributed by atoms with Crippen molar-refractivity contribution in [1.82, 2.24) is 14.8 Å². The summed E-state index contributed by atoms with van der Waals surface area (Å²) in [4.78, 5) is 3.81. The second-order valence-corrected chi connectivity index (χ2v) is 6.94. The zero-order chi connectivity index (χ0) is 20.9. The smallest absolute Gasteiger partial charge is 0.248 e. The molecule has 13 heteroatoms. The van der Waals surface area contributed by atoms with Gasteiger partial charge in [0.05, 0.1) is 10.4 Å². The molecule has 0 atom stereocenters. The lowest BCUT2D eigenvalue weighted by molar-refractivity contribution is 0.561. The van der Waals surface area contributed by atoms with Gasteiger partial charge < -0.3 is 16.8 Å². The zero-order valence-electron chi connectivity index (χ0n) is 14.1. The highest BCUT2D eigenvalue weighted by molar-refractivity contribution is 7.89. The largest absolute Gasteiger partial charge is 0.396 e. The Morgan fingerprint density at radius 3 is 2.14 bits per heavy atom. The number of hydrogen-bond acceptors (Lipinski definition) is 7. The third kappa shape index (κ3) is 4.97. The molecule has 0 bridgehead atoms. The summed E-state index contributed by atoms with van der Waals surface area (Å²) >= 11 is 4.05. The van der Waals surface area contributed by atoms with Gasteiger partial charge in [-0.3, -0.25) is 0 Å². The molecule has 28 heavy (non-hydrogen) atoms. The van der Waals surface area contributed by atoms with Crippen LogP contribution in [0.2, 0.25) is 0 Å². The summed E-state index contributed by atoms with van der Waals surface area (Å²) in [6.45, 7) is 0. The summed E-state index contributed by atoms with van der Waals surface area (Å²) in [5, 5.41) is 11.7. The molecule has 1 aromatic heterocycles. The maximum absolute atomic E-state index is 13.8. The minimum Gasteiger partial charge on any atom is -0.396 e. The fourth-order valence-corrected chi connectivity index (χ4v) is 2.61. The van der Waals surface area contributed by atoms with Crippen molar-refractivity contribution < 1.29 is 17.2 Å². The van der Waals surface area contributed by atoms with Crippen LogP contribution >= 0.6 is 12.2 Å². The Hall–Kier alpha value is -3.16. The first-order chi connectivity index (χ1) is 13.2. The first kappa shape index (κ1) is 21.1. The predicted molar refractivity (Wildman–Crippen MR) is 105 cm³/mol. The number of primary sulfonamides is 1. The van der Waals surface area contributed by atoms with Crippen LogP contribution in [0.15, 0.2) is 47.4 Å². The van der Waals surface area contributed by atoms with Crippen LogP contribution in [0.4, 0.5) is 26.4 Å². The second-order valence-electron chi connectivity index (χ2n) is 5.11. The van der Waals surface area contributed by atoms with E-state index in [2.05, 4.69) is 33.4 Å². The van der Waals surface area contributed by atoms with Crippen LogP contribution in [0.5, 0.6) is 0 Å². The normalized spacial score (nSPS) is 10.7. The number of nitrogens with one attached hydrogen (secondary N) is 1. The highest BCUT2D eigenvalue weighted by atomic mass is 32.2. The van der Waals surface area contributed by atoms with E-state index in [-0.39, 0.29) is 16.8 Å². The minimum absolute atomic E-state index is 0.0245. The van der Waals surface area contributed by atoms with E-state index in [1.165, 1.54) is 30.3 Å². The molecule has 0 aliphatic rings. The van der Waals surface area contributed by atoms with E-state index in [9.17, 15) is 17.2 Å². The van der Waals surface area contributed by atoms with Gasteiger partial charge in [-0.25, -0.2) is 22.3 Å². The van der Waals surface area contributed by atoms with Gasteiger partial charge in [0, 0.05) is 5.69 Å². The number of para-hydroxylation sites is 1. The molecule has 3 rings (SSSR count). The molecule has 0 unspecified atom stereocenters. The molecule has 3 aromatic rings. The number of anilines is 3. The number of aromatic nitrogens is 3. The monoisotopic (exact) mass is 427 g/mol. The van der Waals surface area contributed by atoms with E-state index in [1.54, 1.807) is 0 Å². The number of halogens is 2. The molecule has 1 heterocycles. The summed E-state index contributed by atoms with van der Waals surface area (Å²) in [5.74, 6) is -1.95. The van der Waals surface area contributed by atoms with Gasteiger partial charge in [-0.2, -0.15) is 9.67 Å². The zero-order valence-corrected chi connectivity index (χ0v) is 15.7. The standard InChI is InChI=1S/C14H12F2N6O2S.CH3NS/c15-10-2-1-3-11(16)12(10)22-13(17)20-14(21-22)19-8-4-6-9(7-5-8)25(18,23)24;2-1-3/h1-7H,(H2,18,23,24)(H3,17,19,20,21);1H,(H2,2,3). The van der Waals surface area contributed by atoms with Gasteiger partial charge in [0.25, 0.3) is 0 Å². The maximum atomic E-state index is 13.8. The average Bonchev–Trinajstić information content (AvgIpc) is 2.95. The Bertz CT molecular complexity index is 1070. The first-order valence-corrected chi connectivity index (χ1v) is 9.41. The summed E-state index contributed by atoms with van der Waals surface area (Å²) in [6.07, 6.45) is 0. The second kappa shape index (κ2) is 8.69. The molecule has 0 aliphatic heterocycles. The van der Waals surface area contributed by atoms with E-state index in [1.807, 2.05) is 0 Å². The molecule has 0 radical (unpaired) electrons. The van der Waals surface area contributed by atoms with E-state index in [0.717, 1.165) is 22.3 Å². The van der Waals surface area contributed by atoms with Gasteiger partial charge >= 0.3 is 0 Å². The number of nitrogens with two attached hydrogens (primary N) is 3. The van der Waals surface area contributed by atoms with Crippen LogP contribution in [-0.2, 0) is 10.0 Å². The number of benzene rings is 2. The topological polar surface area (TPSA) is 155 Å². The maximum Gasteiger partial charge on any atom is 0.248 e. The lowest BCUT2D eigenvalue weighted by Gasteiger charge is -2.05. The Labute approximate surface area is 164 Å². The van der Waals surface area contributed by atoms with Crippen molar-refractivity contribution in [2.45, 2.75) is 4.90 Å². The Morgan fingerprint density at radius 1 is 1.11 bits per heavy atom. The molecule has 148 valence electrons. The van der Waals surface area contributed by atoms with Gasteiger partial charge in [0.2, 0.25) is 21.9 Å².